The fourth-order valence-electron chi connectivity index (χ4n) is 10.0. The molecule has 4 saturated carbocycles. The lowest BCUT2D eigenvalue weighted by atomic mass is 9.44. The number of hydrogen-bond donors (Lipinski definition) is 1. The molecule has 0 amide bonds. The molecule has 1 aromatic rings. The number of fused-ring (bicyclic) bond motifs is 5. The van der Waals surface area contributed by atoms with Gasteiger partial charge < -0.3 is 0 Å². The van der Waals surface area contributed by atoms with Gasteiger partial charge in [0, 0.05) is 5.71 Å². The smallest absolute Gasteiger partial charge is 0.200 e. The van der Waals surface area contributed by atoms with Gasteiger partial charge in [0.1, 0.15) is 5.69 Å². The first kappa shape index (κ1) is 29.8. The van der Waals surface area contributed by atoms with Crippen molar-refractivity contribution >= 4 is 11.4 Å². The van der Waals surface area contributed by atoms with Crippen LogP contribution in [0.2, 0.25) is 0 Å². The van der Waals surface area contributed by atoms with Crippen LogP contribution < -0.4 is 5.43 Å². The van der Waals surface area contributed by atoms with Crippen molar-refractivity contribution in [1.29, 1.82) is 0 Å². The lowest BCUT2D eigenvalue weighted by molar-refractivity contribution is -0.105. The molecule has 0 saturated heterocycles. The highest BCUT2D eigenvalue weighted by Crippen LogP contribution is 2.68. The standard InChI is InChI=1S/C33H47F5N2/c1-18(2)7-6-8-19(3)23-11-12-24-22-10-9-20-17-21(13-15-32(20,4)25(22)14-16-33(23,24)5)39-40-31-29(37)27(35)26(34)28(36)30(31)38/h18-20,22-25,40H,6-17H2,1-5H3/t19-,20?,22+,23-,24+,25+,32+,33-/m1/s1. The summed E-state index contributed by atoms with van der Waals surface area (Å²) in [7, 11) is 0. The van der Waals surface area contributed by atoms with E-state index in [9.17, 15) is 22.0 Å². The topological polar surface area (TPSA) is 24.4 Å². The molecular formula is C33H47F5N2. The molecule has 224 valence electrons. The van der Waals surface area contributed by atoms with Gasteiger partial charge in [0.05, 0.1) is 0 Å². The summed E-state index contributed by atoms with van der Waals surface area (Å²) in [5.74, 6) is -4.77. The Kier molecular flexibility index (Phi) is 8.35. The molecule has 7 heteroatoms. The summed E-state index contributed by atoms with van der Waals surface area (Å²) in [6.45, 7) is 12.2. The van der Waals surface area contributed by atoms with Gasteiger partial charge in [0.15, 0.2) is 23.3 Å². The Hall–Kier alpha value is -1.66. The average Bonchev–Trinajstić information content (AvgIpc) is 3.28. The van der Waals surface area contributed by atoms with Gasteiger partial charge in [-0.3, -0.25) is 5.43 Å². The van der Waals surface area contributed by atoms with Crippen LogP contribution in [0.3, 0.4) is 0 Å². The lowest BCUT2D eigenvalue weighted by Crippen LogP contribution is -2.53. The summed E-state index contributed by atoms with van der Waals surface area (Å²) in [5, 5.41) is 4.17. The van der Waals surface area contributed by atoms with Crippen LogP contribution >= 0.6 is 0 Å². The van der Waals surface area contributed by atoms with E-state index in [1.165, 1.54) is 51.4 Å². The number of rotatable bonds is 7. The van der Waals surface area contributed by atoms with E-state index in [4.69, 9.17) is 0 Å². The number of benzene rings is 1. The van der Waals surface area contributed by atoms with Crippen molar-refractivity contribution in [2.24, 2.45) is 57.4 Å². The Labute approximate surface area is 237 Å². The van der Waals surface area contributed by atoms with E-state index in [2.05, 4.69) is 45.1 Å². The summed E-state index contributed by atoms with van der Waals surface area (Å²) in [6, 6.07) is 0. The van der Waals surface area contributed by atoms with Crippen LogP contribution in [0.1, 0.15) is 112 Å². The van der Waals surface area contributed by atoms with Crippen molar-refractivity contribution in [1.82, 2.24) is 0 Å². The zero-order valence-electron chi connectivity index (χ0n) is 24.9. The number of hydrazone groups is 1. The zero-order chi connectivity index (χ0) is 29.0. The Bertz CT molecular complexity index is 1110. The molecule has 2 nitrogen and oxygen atoms in total. The molecule has 5 rings (SSSR count). The second kappa shape index (κ2) is 11.2. The monoisotopic (exact) mass is 566 g/mol. The van der Waals surface area contributed by atoms with Crippen LogP contribution in [-0.4, -0.2) is 5.71 Å². The van der Waals surface area contributed by atoms with Gasteiger partial charge in [-0.15, -0.1) is 0 Å². The fourth-order valence-corrected chi connectivity index (χ4v) is 10.0. The second-order valence-electron chi connectivity index (χ2n) is 14.6. The molecule has 0 radical (unpaired) electrons. The molecule has 0 aliphatic heterocycles. The maximum absolute atomic E-state index is 14.1. The minimum Gasteiger partial charge on any atom is -0.272 e. The van der Waals surface area contributed by atoms with Gasteiger partial charge in [0.25, 0.3) is 0 Å². The average molecular weight is 567 g/mol. The summed E-state index contributed by atoms with van der Waals surface area (Å²) in [4.78, 5) is 0. The van der Waals surface area contributed by atoms with E-state index in [-0.39, 0.29) is 5.41 Å². The first-order chi connectivity index (χ1) is 18.9. The van der Waals surface area contributed by atoms with E-state index in [0.29, 0.717) is 30.1 Å². The quantitative estimate of drug-likeness (QED) is 0.151. The Balaban J connectivity index is 1.26. The molecule has 40 heavy (non-hydrogen) atoms. The highest BCUT2D eigenvalue weighted by atomic mass is 19.2. The van der Waals surface area contributed by atoms with Crippen LogP contribution in [0.5, 0.6) is 0 Å². The SMILES string of the molecule is CC(C)CCC[C@@H](C)[C@H]1CC[C@H]2[C@@H]3CCC4CC(=NNc5c(F)c(F)c(F)c(F)c5F)CC[C@]4(C)[C@H]3CC[C@]12C. The number of halogens is 5. The summed E-state index contributed by atoms with van der Waals surface area (Å²) in [5.41, 5.74) is 2.50. The second-order valence-corrected chi connectivity index (χ2v) is 14.6. The third-order valence-corrected chi connectivity index (χ3v) is 12.2. The molecule has 1 N–H and O–H groups in total. The largest absolute Gasteiger partial charge is 0.272 e. The first-order valence-electron chi connectivity index (χ1n) is 15.7. The van der Waals surface area contributed by atoms with Gasteiger partial charge in [0.2, 0.25) is 5.82 Å². The highest BCUT2D eigenvalue weighted by molar-refractivity contribution is 5.86. The van der Waals surface area contributed by atoms with Crippen molar-refractivity contribution in [3.8, 4) is 0 Å². The maximum Gasteiger partial charge on any atom is 0.200 e. The van der Waals surface area contributed by atoms with E-state index in [1.807, 2.05) is 0 Å². The summed E-state index contributed by atoms with van der Waals surface area (Å²) < 4.78 is 68.9. The highest BCUT2D eigenvalue weighted by Gasteiger charge is 2.60. The minimum atomic E-state index is -2.16. The maximum atomic E-state index is 14.1. The Morgan fingerprint density at radius 3 is 2.10 bits per heavy atom. The molecule has 4 aliphatic carbocycles. The van der Waals surface area contributed by atoms with Crippen LogP contribution in [0.4, 0.5) is 27.6 Å². The minimum absolute atomic E-state index is 0.203. The van der Waals surface area contributed by atoms with Crippen LogP contribution in [-0.2, 0) is 0 Å². The normalized spacial score (nSPS) is 37.3. The molecule has 4 aliphatic rings. The van der Waals surface area contributed by atoms with Crippen LogP contribution in [0, 0.1) is 81.3 Å². The van der Waals surface area contributed by atoms with Crippen LogP contribution in [0.25, 0.3) is 0 Å². The molecular weight excluding hydrogens is 519 g/mol. The molecule has 0 aromatic heterocycles. The van der Waals surface area contributed by atoms with Crippen molar-refractivity contribution in [2.45, 2.75) is 112 Å². The van der Waals surface area contributed by atoms with Gasteiger partial charge in [-0.1, -0.05) is 53.9 Å². The van der Waals surface area contributed by atoms with E-state index in [0.717, 1.165) is 48.1 Å². The van der Waals surface area contributed by atoms with Gasteiger partial charge in [-0.25, -0.2) is 22.0 Å². The van der Waals surface area contributed by atoms with E-state index < -0.39 is 34.8 Å². The molecule has 1 aromatic carbocycles. The van der Waals surface area contributed by atoms with Gasteiger partial charge in [-0.05, 0) is 110 Å². The molecule has 0 spiro atoms. The Morgan fingerprint density at radius 1 is 0.775 bits per heavy atom. The molecule has 0 bridgehead atoms. The van der Waals surface area contributed by atoms with Crippen molar-refractivity contribution in [3.05, 3.63) is 29.1 Å². The fraction of sp³-hybridized carbons (Fsp3) is 0.788. The third-order valence-electron chi connectivity index (χ3n) is 12.2. The predicted molar refractivity (Wildman–Crippen MR) is 150 cm³/mol. The van der Waals surface area contributed by atoms with E-state index >= 15 is 0 Å². The first-order valence-corrected chi connectivity index (χ1v) is 15.7. The van der Waals surface area contributed by atoms with Gasteiger partial charge in [-0.2, -0.15) is 5.10 Å². The van der Waals surface area contributed by atoms with E-state index in [1.54, 1.807) is 0 Å². The molecule has 4 fully saturated rings. The van der Waals surface area contributed by atoms with Crippen molar-refractivity contribution < 1.29 is 22.0 Å². The zero-order valence-corrected chi connectivity index (χ0v) is 24.9. The lowest BCUT2D eigenvalue weighted by Gasteiger charge is -2.61. The molecule has 8 atom stereocenters. The third kappa shape index (κ3) is 4.99. The summed E-state index contributed by atoms with van der Waals surface area (Å²) in [6.07, 6.45) is 14.0. The van der Waals surface area contributed by atoms with Crippen molar-refractivity contribution in [2.75, 3.05) is 5.43 Å². The molecule has 1 unspecified atom stereocenters. The number of nitrogens with zero attached hydrogens (tertiary/aromatic N) is 1. The number of anilines is 1. The van der Waals surface area contributed by atoms with Gasteiger partial charge >= 0.3 is 0 Å². The predicted octanol–water partition coefficient (Wildman–Crippen LogP) is 10.3. The summed E-state index contributed by atoms with van der Waals surface area (Å²) >= 11 is 0. The van der Waals surface area contributed by atoms with Crippen LogP contribution in [0.15, 0.2) is 5.10 Å². The number of hydrogen-bond acceptors (Lipinski definition) is 2. The molecule has 0 heterocycles. The Morgan fingerprint density at radius 2 is 1.43 bits per heavy atom. The van der Waals surface area contributed by atoms with Crippen molar-refractivity contribution in [3.63, 3.8) is 0 Å². The number of nitrogens with one attached hydrogen (secondary N) is 1.